The molecule has 4 nitrogen and oxygen atoms in total. The van der Waals surface area contributed by atoms with E-state index in [1.807, 2.05) is 6.92 Å². The van der Waals surface area contributed by atoms with E-state index in [1.54, 1.807) is 42.5 Å². The highest BCUT2D eigenvalue weighted by Gasteiger charge is 2.19. The molecule has 0 unspecified atom stereocenters. The van der Waals surface area contributed by atoms with E-state index < -0.39 is 10.1 Å². The maximum absolute atomic E-state index is 12.4. The Bertz CT molecular complexity index is 747. The minimum absolute atomic E-state index is 0.125. The molecule has 2 aromatic rings. The van der Waals surface area contributed by atoms with Gasteiger partial charge in [-0.2, -0.15) is 8.42 Å². The smallest absolute Gasteiger partial charge is 0.339 e. The highest BCUT2D eigenvalue weighted by molar-refractivity contribution is 7.87. The van der Waals surface area contributed by atoms with Gasteiger partial charge in [0.2, 0.25) is 0 Å². The molecule has 0 amide bonds. The Kier molecular flexibility index (Phi) is 4.76. The van der Waals surface area contributed by atoms with E-state index >= 15 is 0 Å². The average Bonchev–Trinajstić information content (AvgIpc) is 2.49. The van der Waals surface area contributed by atoms with Crippen LogP contribution in [0.3, 0.4) is 0 Å². The van der Waals surface area contributed by atoms with Gasteiger partial charge in [-0.25, -0.2) is 0 Å². The zero-order valence-electron chi connectivity index (χ0n) is 13.2. The van der Waals surface area contributed by atoms with Crippen molar-refractivity contribution in [3.05, 3.63) is 53.6 Å². The first kappa shape index (κ1) is 16.4. The Morgan fingerprint density at radius 2 is 1.59 bits per heavy atom. The average molecular weight is 320 g/mol. The first-order valence-corrected chi connectivity index (χ1v) is 8.43. The van der Waals surface area contributed by atoms with E-state index in [1.165, 1.54) is 7.11 Å². The van der Waals surface area contributed by atoms with E-state index in [0.29, 0.717) is 11.7 Å². The minimum atomic E-state index is -3.88. The molecular weight excluding hydrogens is 300 g/mol. The largest absolute Gasteiger partial charge is 0.493 e. The molecule has 0 radical (unpaired) electrons. The number of rotatable bonds is 5. The second kappa shape index (κ2) is 6.40. The molecule has 0 aliphatic carbocycles. The van der Waals surface area contributed by atoms with Crippen LogP contribution in [0.2, 0.25) is 0 Å². The zero-order chi connectivity index (χ0) is 16.3. The molecule has 0 N–H and O–H groups in total. The fourth-order valence-corrected chi connectivity index (χ4v) is 2.97. The van der Waals surface area contributed by atoms with Gasteiger partial charge in [0.15, 0.2) is 11.5 Å². The molecule has 0 fully saturated rings. The summed E-state index contributed by atoms with van der Waals surface area (Å²) < 4.78 is 35.1. The third-order valence-corrected chi connectivity index (χ3v) is 4.60. The Morgan fingerprint density at radius 3 is 2.14 bits per heavy atom. The van der Waals surface area contributed by atoms with E-state index in [0.717, 1.165) is 11.1 Å². The Morgan fingerprint density at radius 1 is 0.955 bits per heavy atom. The van der Waals surface area contributed by atoms with Crippen LogP contribution in [0, 0.1) is 6.92 Å². The quantitative estimate of drug-likeness (QED) is 0.784. The summed E-state index contributed by atoms with van der Waals surface area (Å²) >= 11 is 0. The van der Waals surface area contributed by atoms with Gasteiger partial charge >= 0.3 is 10.1 Å². The van der Waals surface area contributed by atoms with Gasteiger partial charge in [-0.15, -0.1) is 0 Å². The molecule has 0 saturated heterocycles. The topological polar surface area (TPSA) is 52.6 Å². The summed E-state index contributed by atoms with van der Waals surface area (Å²) in [6.07, 6.45) is 0. The highest BCUT2D eigenvalue weighted by atomic mass is 32.2. The lowest BCUT2D eigenvalue weighted by atomic mass is 10.0. The highest BCUT2D eigenvalue weighted by Crippen LogP contribution is 2.30. The summed E-state index contributed by atoms with van der Waals surface area (Å²) in [5, 5.41) is 0. The van der Waals surface area contributed by atoms with Crippen molar-refractivity contribution in [3.8, 4) is 11.5 Å². The second-order valence-electron chi connectivity index (χ2n) is 5.42. The summed E-state index contributed by atoms with van der Waals surface area (Å²) in [6, 6.07) is 11.8. The molecular formula is C17H20O4S. The fourth-order valence-electron chi connectivity index (χ4n) is 2.03. The lowest BCUT2D eigenvalue weighted by Gasteiger charge is -2.12. The van der Waals surface area contributed by atoms with Crippen LogP contribution in [0.4, 0.5) is 0 Å². The van der Waals surface area contributed by atoms with Gasteiger partial charge in [0.1, 0.15) is 4.90 Å². The molecule has 0 bridgehead atoms. The van der Waals surface area contributed by atoms with Gasteiger partial charge in [0.25, 0.3) is 0 Å². The van der Waals surface area contributed by atoms with Gasteiger partial charge in [-0.3, -0.25) is 0 Å². The maximum atomic E-state index is 12.4. The molecule has 0 heterocycles. The molecule has 22 heavy (non-hydrogen) atoms. The minimum Gasteiger partial charge on any atom is -0.493 e. The lowest BCUT2D eigenvalue weighted by molar-refractivity contribution is 0.390. The first-order chi connectivity index (χ1) is 10.3. The molecule has 2 aromatic carbocycles. The van der Waals surface area contributed by atoms with E-state index in [2.05, 4.69) is 13.8 Å². The van der Waals surface area contributed by atoms with Gasteiger partial charge < -0.3 is 8.92 Å². The van der Waals surface area contributed by atoms with Crippen LogP contribution < -0.4 is 8.92 Å². The van der Waals surface area contributed by atoms with Crippen LogP contribution in [0.5, 0.6) is 11.5 Å². The third-order valence-electron chi connectivity index (χ3n) is 3.35. The number of aryl methyl sites for hydroxylation is 1. The van der Waals surface area contributed by atoms with Crippen molar-refractivity contribution < 1.29 is 17.3 Å². The summed E-state index contributed by atoms with van der Waals surface area (Å²) in [7, 11) is -2.40. The number of hydrogen-bond donors (Lipinski definition) is 0. The number of methoxy groups -OCH3 is 1. The lowest BCUT2D eigenvalue weighted by Crippen LogP contribution is -2.10. The molecule has 0 aliphatic heterocycles. The first-order valence-electron chi connectivity index (χ1n) is 7.02. The van der Waals surface area contributed by atoms with Crippen LogP contribution in [0.25, 0.3) is 0 Å². The Labute approximate surface area is 131 Å². The van der Waals surface area contributed by atoms with Crippen molar-refractivity contribution in [1.82, 2.24) is 0 Å². The molecule has 5 heteroatoms. The predicted octanol–water partition coefficient (Wildman–Crippen LogP) is 3.89. The monoisotopic (exact) mass is 320 g/mol. The summed E-state index contributed by atoms with van der Waals surface area (Å²) in [6.45, 7) is 6.00. The van der Waals surface area contributed by atoms with Crippen LogP contribution in [0.1, 0.15) is 30.9 Å². The Balaban J connectivity index is 2.31. The van der Waals surface area contributed by atoms with Crippen LogP contribution in [0.15, 0.2) is 47.4 Å². The van der Waals surface area contributed by atoms with Crippen molar-refractivity contribution in [2.24, 2.45) is 0 Å². The molecule has 0 aromatic heterocycles. The van der Waals surface area contributed by atoms with Gasteiger partial charge in [0, 0.05) is 0 Å². The van der Waals surface area contributed by atoms with Gasteiger partial charge in [-0.05, 0) is 48.2 Å². The van der Waals surface area contributed by atoms with E-state index in [-0.39, 0.29) is 10.6 Å². The van der Waals surface area contributed by atoms with Crippen molar-refractivity contribution in [2.45, 2.75) is 31.6 Å². The SMILES string of the molecule is COc1cc(C)ccc1OS(=O)(=O)c1ccc(C(C)C)cc1. The van der Waals surface area contributed by atoms with Gasteiger partial charge in [-0.1, -0.05) is 32.0 Å². The number of benzene rings is 2. The summed E-state index contributed by atoms with van der Waals surface area (Å²) in [4.78, 5) is 0.125. The maximum Gasteiger partial charge on any atom is 0.339 e. The molecule has 0 saturated carbocycles. The van der Waals surface area contributed by atoms with Crippen molar-refractivity contribution in [1.29, 1.82) is 0 Å². The summed E-state index contributed by atoms with van der Waals surface area (Å²) in [5.74, 6) is 0.915. The normalized spacial score (nSPS) is 11.5. The summed E-state index contributed by atoms with van der Waals surface area (Å²) in [5.41, 5.74) is 2.04. The molecule has 2 rings (SSSR count). The third kappa shape index (κ3) is 3.60. The molecule has 118 valence electrons. The zero-order valence-corrected chi connectivity index (χ0v) is 14.0. The van der Waals surface area contributed by atoms with Crippen LogP contribution in [-0.4, -0.2) is 15.5 Å². The van der Waals surface area contributed by atoms with Crippen LogP contribution in [-0.2, 0) is 10.1 Å². The Hall–Kier alpha value is -2.01. The standard InChI is InChI=1S/C17H20O4S/c1-12(2)14-6-8-15(9-7-14)22(18,19)21-16-10-5-13(3)11-17(16)20-4/h5-12H,1-4H3. The van der Waals surface area contributed by atoms with E-state index in [4.69, 9.17) is 8.92 Å². The van der Waals surface area contributed by atoms with Crippen LogP contribution >= 0.6 is 0 Å². The molecule has 0 atom stereocenters. The van der Waals surface area contributed by atoms with E-state index in [9.17, 15) is 8.42 Å². The van der Waals surface area contributed by atoms with Crippen molar-refractivity contribution >= 4 is 10.1 Å². The second-order valence-corrected chi connectivity index (χ2v) is 6.96. The number of hydrogen-bond acceptors (Lipinski definition) is 4. The molecule has 0 aliphatic rings. The van der Waals surface area contributed by atoms with Gasteiger partial charge in [0.05, 0.1) is 7.11 Å². The fraction of sp³-hybridized carbons (Fsp3) is 0.294. The van der Waals surface area contributed by atoms with Crippen molar-refractivity contribution in [2.75, 3.05) is 7.11 Å². The molecule has 0 spiro atoms. The predicted molar refractivity (Wildman–Crippen MR) is 86.1 cm³/mol. The van der Waals surface area contributed by atoms with Crippen molar-refractivity contribution in [3.63, 3.8) is 0 Å². The number of ether oxygens (including phenoxy) is 1.